The van der Waals surface area contributed by atoms with E-state index in [1.54, 1.807) is 9.80 Å². The first-order valence-corrected chi connectivity index (χ1v) is 14.6. The average molecular weight is 610 g/mol. The highest BCUT2D eigenvalue weighted by Gasteiger charge is 2.35. The van der Waals surface area contributed by atoms with Crippen molar-refractivity contribution in [2.75, 3.05) is 25.0 Å². The third-order valence-electron chi connectivity index (χ3n) is 7.39. The van der Waals surface area contributed by atoms with Crippen LogP contribution in [-0.2, 0) is 14.3 Å². The van der Waals surface area contributed by atoms with E-state index in [0.29, 0.717) is 31.7 Å². The molecule has 11 heteroatoms. The van der Waals surface area contributed by atoms with E-state index in [9.17, 15) is 14.4 Å². The summed E-state index contributed by atoms with van der Waals surface area (Å²) in [6.45, 7) is 12.6. The van der Waals surface area contributed by atoms with Crippen LogP contribution in [0, 0.1) is 5.92 Å². The largest absolute Gasteiger partial charge is 0.444 e. The summed E-state index contributed by atoms with van der Waals surface area (Å²) < 4.78 is 11.1. The Kier molecular flexibility index (Phi) is 9.34. The van der Waals surface area contributed by atoms with Crippen molar-refractivity contribution in [2.24, 2.45) is 5.92 Å². The third kappa shape index (κ3) is 7.81. The molecular formula is C32H43N5O5S. The topological polar surface area (TPSA) is 117 Å². The van der Waals surface area contributed by atoms with Gasteiger partial charge in [-0.3, -0.25) is 9.69 Å². The summed E-state index contributed by atoms with van der Waals surface area (Å²) in [4.78, 5) is 49.6. The van der Waals surface area contributed by atoms with Gasteiger partial charge in [-0.2, -0.15) is 13.5 Å². The molecule has 3 aromatic rings. The van der Waals surface area contributed by atoms with E-state index in [1.165, 1.54) is 0 Å². The highest BCUT2D eigenvalue weighted by Crippen LogP contribution is 2.34. The number of carbonyl (C=O) groups excluding carboxylic acids is 3. The monoisotopic (exact) mass is 609 g/mol. The van der Waals surface area contributed by atoms with Gasteiger partial charge in [0.25, 0.3) is 0 Å². The normalized spacial score (nSPS) is 18.8. The molecule has 0 aliphatic carbocycles. The summed E-state index contributed by atoms with van der Waals surface area (Å²) >= 11 is 0. The predicted molar refractivity (Wildman–Crippen MR) is 171 cm³/mol. The fourth-order valence-electron chi connectivity index (χ4n) is 5.41. The van der Waals surface area contributed by atoms with Gasteiger partial charge in [-0.1, -0.05) is 18.2 Å². The van der Waals surface area contributed by atoms with Crippen LogP contribution in [0.1, 0.15) is 72.7 Å². The number of rotatable bonds is 4. The van der Waals surface area contributed by atoms with Gasteiger partial charge in [-0.05, 0) is 96.2 Å². The molecule has 2 fully saturated rings. The summed E-state index contributed by atoms with van der Waals surface area (Å²) in [5.41, 5.74) is 3.33. The number of carbonyl (C=O) groups is 3. The Labute approximate surface area is 259 Å². The number of anilines is 1. The molecular weight excluding hydrogens is 566 g/mol. The smallest absolute Gasteiger partial charge is 0.410 e. The Bertz CT molecular complexity index is 1470. The standard InChI is InChI=1S/C32H41N5O5.H2S/c1-31(2,3)41-29(39)36-17-15-22(19-36)28(38)33-23-12-9-20(10-13-23)21-11-14-24-25(18-21)35-27(34-24)26-8-7-16-37(26)30(40)42-32(4,5)6;/h9-14,18,22,26H,7-8,15-17,19H2,1-6H3,(H,33,38)(H,34,35);1H2/t22?,26-;/m0./s1. The molecule has 0 radical (unpaired) electrons. The van der Waals surface area contributed by atoms with Gasteiger partial charge in [-0.15, -0.1) is 0 Å². The molecule has 43 heavy (non-hydrogen) atoms. The molecule has 10 nitrogen and oxygen atoms in total. The van der Waals surface area contributed by atoms with E-state index in [1.807, 2.05) is 77.9 Å². The van der Waals surface area contributed by atoms with Crippen LogP contribution in [0.25, 0.3) is 22.2 Å². The van der Waals surface area contributed by atoms with Crippen molar-refractivity contribution >= 4 is 48.3 Å². The number of H-pyrrole nitrogens is 1. The zero-order valence-corrected chi connectivity index (χ0v) is 26.8. The predicted octanol–water partition coefficient (Wildman–Crippen LogP) is 6.61. The fraction of sp³-hybridized carbons (Fsp3) is 0.500. The van der Waals surface area contributed by atoms with E-state index >= 15 is 0 Å². The molecule has 2 N–H and O–H groups in total. The van der Waals surface area contributed by atoms with Crippen molar-refractivity contribution in [1.82, 2.24) is 19.8 Å². The Balaban J connectivity index is 0.00000423. The maximum Gasteiger partial charge on any atom is 0.410 e. The first-order chi connectivity index (χ1) is 19.8. The number of aromatic amines is 1. The molecule has 2 atom stereocenters. The number of hydrogen-bond acceptors (Lipinski definition) is 6. The number of amides is 3. The molecule has 5 rings (SSSR count). The van der Waals surface area contributed by atoms with Gasteiger partial charge in [0.05, 0.1) is 23.0 Å². The number of fused-ring (bicyclic) bond motifs is 1. The van der Waals surface area contributed by atoms with Gasteiger partial charge in [0, 0.05) is 25.3 Å². The first kappa shape index (κ1) is 32.2. The summed E-state index contributed by atoms with van der Waals surface area (Å²) in [6, 6.07) is 13.6. The zero-order chi connectivity index (χ0) is 30.2. The van der Waals surface area contributed by atoms with Gasteiger partial charge < -0.3 is 24.7 Å². The Morgan fingerprint density at radius 1 is 0.884 bits per heavy atom. The molecule has 232 valence electrons. The van der Waals surface area contributed by atoms with Gasteiger partial charge in [0.2, 0.25) is 5.91 Å². The zero-order valence-electron chi connectivity index (χ0n) is 25.8. The lowest BCUT2D eigenvalue weighted by Gasteiger charge is -2.27. The second-order valence-electron chi connectivity index (χ2n) is 13.2. The average Bonchev–Trinajstić information content (AvgIpc) is 3.66. The molecule has 2 aliphatic rings. The Morgan fingerprint density at radius 3 is 2.21 bits per heavy atom. The van der Waals surface area contributed by atoms with Crippen molar-refractivity contribution < 1.29 is 23.9 Å². The maximum atomic E-state index is 12.9. The van der Waals surface area contributed by atoms with E-state index in [0.717, 1.165) is 40.8 Å². The van der Waals surface area contributed by atoms with Crippen LogP contribution in [0.2, 0.25) is 0 Å². The number of imidazole rings is 1. The van der Waals surface area contributed by atoms with Crippen LogP contribution in [-0.4, -0.2) is 68.7 Å². The summed E-state index contributed by atoms with van der Waals surface area (Å²) in [7, 11) is 0. The molecule has 3 amide bonds. The molecule has 0 saturated carbocycles. The van der Waals surface area contributed by atoms with E-state index in [4.69, 9.17) is 14.5 Å². The van der Waals surface area contributed by atoms with Crippen LogP contribution in [0.3, 0.4) is 0 Å². The van der Waals surface area contributed by atoms with Crippen molar-refractivity contribution in [1.29, 1.82) is 0 Å². The number of nitrogens with zero attached hydrogens (tertiary/aromatic N) is 3. The van der Waals surface area contributed by atoms with Crippen LogP contribution in [0.15, 0.2) is 42.5 Å². The van der Waals surface area contributed by atoms with E-state index < -0.39 is 11.2 Å². The van der Waals surface area contributed by atoms with Gasteiger partial charge >= 0.3 is 12.2 Å². The minimum atomic E-state index is -0.567. The minimum absolute atomic E-state index is 0. The summed E-state index contributed by atoms with van der Waals surface area (Å²) in [5, 5.41) is 2.99. The van der Waals surface area contributed by atoms with Crippen LogP contribution < -0.4 is 5.32 Å². The fourth-order valence-corrected chi connectivity index (χ4v) is 5.41. The first-order valence-electron chi connectivity index (χ1n) is 14.6. The maximum absolute atomic E-state index is 12.9. The highest BCUT2D eigenvalue weighted by molar-refractivity contribution is 7.59. The van der Waals surface area contributed by atoms with Gasteiger partial charge in [-0.25, -0.2) is 14.6 Å². The number of hydrogen-bond donors (Lipinski definition) is 2. The number of nitrogens with one attached hydrogen (secondary N) is 2. The Morgan fingerprint density at radius 2 is 1.53 bits per heavy atom. The lowest BCUT2D eigenvalue weighted by atomic mass is 10.0. The molecule has 1 aromatic heterocycles. The quantitative estimate of drug-likeness (QED) is 0.344. The lowest BCUT2D eigenvalue weighted by Crippen LogP contribution is -2.36. The van der Waals surface area contributed by atoms with Crippen LogP contribution >= 0.6 is 13.5 Å². The van der Waals surface area contributed by atoms with E-state index in [2.05, 4.69) is 16.4 Å². The molecule has 2 saturated heterocycles. The second-order valence-corrected chi connectivity index (χ2v) is 13.2. The third-order valence-corrected chi connectivity index (χ3v) is 7.39. The SMILES string of the molecule is CC(C)(C)OC(=O)N1CCC(C(=O)Nc2ccc(-c3ccc4nc([C@@H]5CCCN5C(=O)OC(C)(C)C)[nH]c4c3)cc2)C1.S. The summed E-state index contributed by atoms with van der Waals surface area (Å²) in [5.74, 6) is 0.383. The van der Waals surface area contributed by atoms with E-state index in [-0.39, 0.29) is 43.5 Å². The summed E-state index contributed by atoms with van der Waals surface area (Å²) in [6.07, 6.45) is 1.64. The van der Waals surface area contributed by atoms with Crippen molar-refractivity contribution in [3.05, 3.63) is 48.3 Å². The number of benzene rings is 2. The van der Waals surface area contributed by atoms with Gasteiger partial charge in [0.15, 0.2) is 0 Å². The number of aromatic nitrogens is 2. The molecule has 3 heterocycles. The highest BCUT2D eigenvalue weighted by atomic mass is 32.1. The van der Waals surface area contributed by atoms with Crippen LogP contribution in [0.5, 0.6) is 0 Å². The molecule has 2 aliphatic heterocycles. The number of ether oxygens (including phenoxy) is 2. The minimum Gasteiger partial charge on any atom is -0.444 e. The lowest BCUT2D eigenvalue weighted by molar-refractivity contribution is -0.119. The van der Waals surface area contributed by atoms with Crippen molar-refractivity contribution in [3.63, 3.8) is 0 Å². The molecule has 0 bridgehead atoms. The van der Waals surface area contributed by atoms with Crippen LogP contribution in [0.4, 0.5) is 15.3 Å². The molecule has 1 unspecified atom stereocenters. The Hall–Kier alpha value is -3.73. The molecule has 2 aromatic carbocycles. The molecule has 0 spiro atoms. The second kappa shape index (κ2) is 12.5. The van der Waals surface area contributed by atoms with Crippen molar-refractivity contribution in [2.45, 2.75) is 78.0 Å². The van der Waals surface area contributed by atoms with Crippen molar-refractivity contribution in [3.8, 4) is 11.1 Å². The van der Waals surface area contributed by atoms with Gasteiger partial charge in [0.1, 0.15) is 17.0 Å². The number of likely N-dealkylation sites (tertiary alicyclic amines) is 2.